The SMILES string of the molecule is CCCCN(CC)C(=O)c1cc(C)cc(C)c1. The first-order valence-corrected chi connectivity index (χ1v) is 6.46. The quantitative estimate of drug-likeness (QED) is 0.761. The first-order chi connectivity index (χ1) is 8.08. The lowest BCUT2D eigenvalue weighted by atomic mass is 10.1. The van der Waals surface area contributed by atoms with Crippen LogP contribution in [-0.2, 0) is 0 Å². The van der Waals surface area contributed by atoms with Crippen molar-refractivity contribution in [2.75, 3.05) is 13.1 Å². The molecule has 0 heterocycles. The molecule has 0 radical (unpaired) electrons. The summed E-state index contributed by atoms with van der Waals surface area (Å²) in [6.07, 6.45) is 2.20. The summed E-state index contributed by atoms with van der Waals surface area (Å²) in [5, 5.41) is 0. The Morgan fingerprint density at radius 1 is 1.12 bits per heavy atom. The predicted molar refractivity (Wildman–Crippen MR) is 72.4 cm³/mol. The smallest absolute Gasteiger partial charge is 0.253 e. The van der Waals surface area contributed by atoms with Crippen molar-refractivity contribution >= 4 is 5.91 Å². The van der Waals surface area contributed by atoms with E-state index in [2.05, 4.69) is 13.0 Å². The Hall–Kier alpha value is -1.31. The second-order valence-electron chi connectivity index (χ2n) is 4.61. The predicted octanol–water partition coefficient (Wildman–Crippen LogP) is 3.57. The van der Waals surface area contributed by atoms with Gasteiger partial charge in [-0.1, -0.05) is 30.5 Å². The maximum Gasteiger partial charge on any atom is 0.253 e. The fourth-order valence-electron chi connectivity index (χ4n) is 2.03. The van der Waals surface area contributed by atoms with Crippen molar-refractivity contribution in [2.45, 2.75) is 40.5 Å². The van der Waals surface area contributed by atoms with Gasteiger partial charge in [-0.05, 0) is 39.3 Å². The highest BCUT2D eigenvalue weighted by molar-refractivity contribution is 5.94. The van der Waals surface area contributed by atoms with Gasteiger partial charge in [0.05, 0.1) is 0 Å². The zero-order valence-corrected chi connectivity index (χ0v) is 11.4. The molecule has 1 rings (SSSR count). The maximum absolute atomic E-state index is 12.3. The second kappa shape index (κ2) is 6.43. The van der Waals surface area contributed by atoms with Gasteiger partial charge in [0.25, 0.3) is 5.91 Å². The van der Waals surface area contributed by atoms with Crippen molar-refractivity contribution < 1.29 is 4.79 Å². The summed E-state index contributed by atoms with van der Waals surface area (Å²) in [6, 6.07) is 6.05. The Bertz CT molecular complexity index is 364. The summed E-state index contributed by atoms with van der Waals surface area (Å²) >= 11 is 0. The van der Waals surface area contributed by atoms with Crippen LogP contribution in [0.25, 0.3) is 0 Å². The normalized spacial score (nSPS) is 10.4. The van der Waals surface area contributed by atoms with Gasteiger partial charge < -0.3 is 4.90 Å². The number of amides is 1. The van der Waals surface area contributed by atoms with Crippen LogP contribution < -0.4 is 0 Å². The molecule has 0 fully saturated rings. The molecule has 0 bridgehead atoms. The van der Waals surface area contributed by atoms with Gasteiger partial charge in [0.2, 0.25) is 0 Å². The summed E-state index contributed by atoms with van der Waals surface area (Å²) in [6.45, 7) is 9.90. The largest absolute Gasteiger partial charge is 0.339 e. The first kappa shape index (κ1) is 13.8. The Morgan fingerprint density at radius 2 is 1.71 bits per heavy atom. The lowest BCUT2D eigenvalue weighted by Crippen LogP contribution is -2.31. The molecule has 94 valence electrons. The molecule has 0 atom stereocenters. The molecule has 2 nitrogen and oxygen atoms in total. The number of aryl methyl sites for hydroxylation is 2. The average molecular weight is 233 g/mol. The first-order valence-electron chi connectivity index (χ1n) is 6.46. The zero-order chi connectivity index (χ0) is 12.8. The fraction of sp³-hybridized carbons (Fsp3) is 0.533. The van der Waals surface area contributed by atoms with E-state index in [0.717, 1.165) is 42.6 Å². The summed E-state index contributed by atoms with van der Waals surface area (Å²) in [4.78, 5) is 14.2. The van der Waals surface area contributed by atoms with Crippen molar-refractivity contribution in [3.8, 4) is 0 Å². The number of unbranched alkanes of at least 4 members (excludes halogenated alkanes) is 1. The van der Waals surface area contributed by atoms with E-state index < -0.39 is 0 Å². The highest BCUT2D eigenvalue weighted by Crippen LogP contribution is 2.12. The van der Waals surface area contributed by atoms with Crippen LogP contribution in [0.1, 0.15) is 48.2 Å². The zero-order valence-electron chi connectivity index (χ0n) is 11.4. The van der Waals surface area contributed by atoms with Crippen molar-refractivity contribution in [3.05, 3.63) is 34.9 Å². The molecule has 0 saturated carbocycles. The average Bonchev–Trinajstić information content (AvgIpc) is 2.28. The molecule has 0 N–H and O–H groups in total. The molecule has 0 spiro atoms. The molecule has 0 aliphatic rings. The van der Waals surface area contributed by atoms with Gasteiger partial charge in [-0.3, -0.25) is 4.79 Å². The Balaban J connectivity index is 2.85. The molecule has 0 saturated heterocycles. The lowest BCUT2D eigenvalue weighted by molar-refractivity contribution is 0.0762. The molecule has 0 unspecified atom stereocenters. The molecule has 17 heavy (non-hydrogen) atoms. The summed E-state index contributed by atoms with van der Waals surface area (Å²) in [5.74, 6) is 0.160. The maximum atomic E-state index is 12.3. The standard InChI is InChI=1S/C15H23NO/c1-5-7-8-16(6-2)15(17)14-10-12(3)9-13(4)11-14/h9-11H,5-8H2,1-4H3. The van der Waals surface area contributed by atoms with E-state index in [1.165, 1.54) is 0 Å². The van der Waals surface area contributed by atoms with Crippen molar-refractivity contribution in [1.82, 2.24) is 4.90 Å². The number of carbonyl (C=O) groups is 1. The van der Waals surface area contributed by atoms with Crippen molar-refractivity contribution in [1.29, 1.82) is 0 Å². The van der Waals surface area contributed by atoms with Crippen molar-refractivity contribution in [3.63, 3.8) is 0 Å². The van der Waals surface area contributed by atoms with Crippen LogP contribution in [0.5, 0.6) is 0 Å². The van der Waals surface area contributed by atoms with E-state index in [9.17, 15) is 4.79 Å². The van der Waals surface area contributed by atoms with E-state index >= 15 is 0 Å². The Labute approximate surface area is 105 Å². The van der Waals surface area contributed by atoms with Gasteiger partial charge in [-0.15, -0.1) is 0 Å². The van der Waals surface area contributed by atoms with E-state index in [4.69, 9.17) is 0 Å². The van der Waals surface area contributed by atoms with Crippen LogP contribution in [-0.4, -0.2) is 23.9 Å². The highest BCUT2D eigenvalue weighted by atomic mass is 16.2. The molecule has 0 aromatic heterocycles. The van der Waals surface area contributed by atoms with Gasteiger partial charge in [0.15, 0.2) is 0 Å². The summed E-state index contributed by atoms with van der Waals surface area (Å²) in [7, 11) is 0. The highest BCUT2D eigenvalue weighted by Gasteiger charge is 2.13. The lowest BCUT2D eigenvalue weighted by Gasteiger charge is -2.21. The Kier molecular flexibility index (Phi) is 5.20. The monoisotopic (exact) mass is 233 g/mol. The van der Waals surface area contributed by atoms with Crippen molar-refractivity contribution in [2.24, 2.45) is 0 Å². The van der Waals surface area contributed by atoms with Gasteiger partial charge >= 0.3 is 0 Å². The number of rotatable bonds is 5. The van der Waals surface area contributed by atoms with E-state index in [-0.39, 0.29) is 5.91 Å². The molecule has 1 amide bonds. The summed E-state index contributed by atoms with van der Waals surface area (Å²) < 4.78 is 0. The van der Waals surface area contributed by atoms with E-state index in [1.807, 2.05) is 37.8 Å². The minimum Gasteiger partial charge on any atom is -0.339 e. The number of benzene rings is 1. The molecular weight excluding hydrogens is 210 g/mol. The van der Waals surface area contributed by atoms with Gasteiger partial charge in [0.1, 0.15) is 0 Å². The van der Waals surface area contributed by atoms with Gasteiger partial charge in [-0.25, -0.2) is 0 Å². The fourth-order valence-corrected chi connectivity index (χ4v) is 2.03. The van der Waals surface area contributed by atoms with E-state index in [0.29, 0.717) is 0 Å². The number of hydrogen-bond donors (Lipinski definition) is 0. The number of carbonyl (C=O) groups excluding carboxylic acids is 1. The minimum atomic E-state index is 0.160. The molecular formula is C15H23NO. The third-order valence-electron chi connectivity index (χ3n) is 2.92. The van der Waals surface area contributed by atoms with Gasteiger partial charge in [-0.2, -0.15) is 0 Å². The molecule has 0 aliphatic heterocycles. The van der Waals surface area contributed by atoms with Crippen LogP contribution in [0.2, 0.25) is 0 Å². The van der Waals surface area contributed by atoms with Gasteiger partial charge in [0, 0.05) is 18.7 Å². The number of hydrogen-bond acceptors (Lipinski definition) is 1. The third kappa shape index (κ3) is 3.88. The summed E-state index contributed by atoms with van der Waals surface area (Å²) in [5.41, 5.74) is 3.13. The topological polar surface area (TPSA) is 20.3 Å². The number of nitrogens with zero attached hydrogens (tertiary/aromatic N) is 1. The van der Waals surface area contributed by atoms with Crippen LogP contribution >= 0.6 is 0 Å². The Morgan fingerprint density at radius 3 is 2.18 bits per heavy atom. The third-order valence-corrected chi connectivity index (χ3v) is 2.92. The van der Waals surface area contributed by atoms with E-state index in [1.54, 1.807) is 0 Å². The molecule has 0 aliphatic carbocycles. The molecule has 1 aromatic carbocycles. The van der Waals surface area contributed by atoms with Crippen LogP contribution in [0, 0.1) is 13.8 Å². The molecule has 1 aromatic rings. The van der Waals surface area contributed by atoms with Crippen LogP contribution in [0.4, 0.5) is 0 Å². The van der Waals surface area contributed by atoms with Crippen LogP contribution in [0.3, 0.4) is 0 Å². The second-order valence-corrected chi connectivity index (χ2v) is 4.61. The minimum absolute atomic E-state index is 0.160. The molecule has 2 heteroatoms. The van der Waals surface area contributed by atoms with Crippen LogP contribution in [0.15, 0.2) is 18.2 Å².